The smallest absolute Gasteiger partial charge is 0.142 e. The summed E-state index contributed by atoms with van der Waals surface area (Å²) >= 11 is 0. The number of pyridine rings is 2. The molecule has 39 heavy (non-hydrogen) atoms. The monoisotopic (exact) mass is 530 g/mol. The normalized spacial score (nSPS) is 15.9. The Morgan fingerprint density at radius 2 is 1.90 bits per heavy atom. The van der Waals surface area contributed by atoms with E-state index in [0.29, 0.717) is 24.7 Å². The van der Waals surface area contributed by atoms with Crippen LogP contribution in [0.25, 0.3) is 33.3 Å². The highest BCUT2D eigenvalue weighted by Crippen LogP contribution is 2.44. The Morgan fingerprint density at radius 3 is 2.56 bits per heavy atom. The van der Waals surface area contributed by atoms with Crippen molar-refractivity contribution in [3.05, 3.63) is 47.7 Å². The third-order valence-electron chi connectivity index (χ3n) is 7.75. The van der Waals surface area contributed by atoms with Crippen LogP contribution in [0, 0.1) is 12.8 Å². The molecule has 11 nitrogen and oxygen atoms in total. The van der Waals surface area contributed by atoms with Gasteiger partial charge in [-0.25, -0.2) is 4.68 Å². The zero-order chi connectivity index (χ0) is 27.5. The van der Waals surface area contributed by atoms with E-state index in [0.717, 1.165) is 57.6 Å². The molecule has 1 saturated heterocycles. The first-order valence-electron chi connectivity index (χ1n) is 13.2. The lowest BCUT2D eigenvalue weighted by molar-refractivity contribution is 0.0539. The van der Waals surface area contributed by atoms with Gasteiger partial charge < -0.3 is 19.1 Å². The molecule has 0 unspecified atom stereocenters. The van der Waals surface area contributed by atoms with Gasteiger partial charge in [0, 0.05) is 45.3 Å². The predicted octanol–water partition coefficient (Wildman–Crippen LogP) is 3.67. The molecule has 6 rings (SSSR count). The molecule has 0 radical (unpaired) electrons. The summed E-state index contributed by atoms with van der Waals surface area (Å²) in [7, 11) is 5.46. The molecule has 204 valence electrons. The molecule has 1 aliphatic heterocycles. The maximum Gasteiger partial charge on any atom is 0.142 e. The van der Waals surface area contributed by atoms with Crippen molar-refractivity contribution < 1.29 is 14.6 Å². The maximum absolute atomic E-state index is 11.3. The van der Waals surface area contributed by atoms with E-state index in [1.54, 1.807) is 25.6 Å². The summed E-state index contributed by atoms with van der Waals surface area (Å²) in [5.41, 5.74) is 6.30. The highest BCUT2D eigenvalue weighted by Gasteiger charge is 2.37. The van der Waals surface area contributed by atoms with Crippen LogP contribution in [-0.4, -0.2) is 64.7 Å². The van der Waals surface area contributed by atoms with Gasteiger partial charge >= 0.3 is 0 Å². The molecule has 0 aromatic carbocycles. The first-order valence-corrected chi connectivity index (χ1v) is 13.2. The molecule has 0 spiro atoms. The summed E-state index contributed by atoms with van der Waals surface area (Å²) in [6.07, 6.45) is 5.39. The van der Waals surface area contributed by atoms with Crippen molar-refractivity contribution >= 4 is 22.1 Å². The van der Waals surface area contributed by atoms with Crippen LogP contribution in [0.5, 0.6) is 5.75 Å². The number of methoxy groups -OCH3 is 1. The zero-order valence-corrected chi connectivity index (χ0v) is 23.2. The molecule has 5 aromatic heterocycles. The van der Waals surface area contributed by atoms with Crippen LogP contribution in [0.4, 0.5) is 0 Å². The van der Waals surface area contributed by atoms with E-state index in [-0.39, 0.29) is 12.0 Å². The number of nitrogens with zero attached hydrogens (tertiary/aromatic N) is 8. The van der Waals surface area contributed by atoms with Gasteiger partial charge in [0.2, 0.25) is 0 Å². The van der Waals surface area contributed by atoms with Gasteiger partial charge in [0.15, 0.2) is 0 Å². The van der Waals surface area contributed by atoms with E-state index in [9.17, 15) is 5.11 Å². The summed E-state index contributed by atoms with van der Waals surface area (Å²) in [4.78, 5) is 9.85. The Kier molecular flexibility index (Phi) is 6.15. The number of hydrogen-bond donors (Lipinski definition) is 1. The van der Waals surface area contributed by atoms with Crippen LogP contribution in [-0.2, 0) is 24.4 Å². The predicted molar refractivity (Wildman–Crippen MR) is 146 cm³/mol. The molecule has 0 bridgehead atoms. The molecule has 1 fully saturated rings. The minimum atomic E-state index is -1.19. The standard InChI is InChI=1S/C28H34N8O3/c1-16-23(35(5)33-31-16)18-14-19-21(30-15-18)25-26(27(28(2,3)37)32-34(25)4)36(19)24(17-9-12-39-13-10-17)22-20(38-6)8-7-11-29-22/h7-8,11,14-15,17,24,37H,9-10,12-13H2,1-6H3/t24-/m0/s1. The van der Waals surface area contributed by atoms with Crippen LogP contribution < -0.4 is 4.74 Å². The minimum absolute atomic E-state index is 0.208. The third-order valence-corrected chi connectivity index (χ3v) is 7.75. The summed E-state index contributed by atoms with van der Waals surface area (Å²) in [6.45, 7) is 6.83. The van der Waals surface area contributed by atoms with Crippen LogP contribution in [0.2, 0.25) is 0 Å². The van der Waals surface area contributed by atoms with E-state index in [2.05, 4.69) is 20.9 Å². The highest BCUT2D eigenvalue weighted by atomic mass is 16.5. The summed E-state index contributed by atoms with van der Waals surface area (Å²) in [6, 6.07) is 5.77. The zero-order valence-electron chi connectivity index (χ0n) is 23.2. The largest absolute Gasteiger partial charge is 0.495 e. The van der Waals surface area contributed by atoms with Crippen molar-refractivity contribution in [1.29, 1.82) is 0 Å². The van der Waals surface area contributed by atoms with E-state index in [1.165, 1.54) is 0 Å². The third kappa shape index (κ3) is 4.07. The van der Waals surface area contributed by atoms with Crippen molar-refractivity contribution in [1.82, 2.24) is 39.3 Å². The number of rotatable bonds is 6. The molecule has 11 heteroatoms. The quantitative estimate of drug-likeness (QED) is 0.353. The average molecular weight is 531 g/mol. The summed E-state index contributed by atoms with van der Waals surface area (Å²) in [5, 5.41) is 24.6. The lowest BCUT2D eigenvalue weighted by atomic mass is 9.88. The summed E-state index contributed by atoms with van der Waals surface area (Å²) < 4.78 is 17.5. The van der Waals surface area contributed by atoms with E-state index in [1.807, 2.05) is 50.2 Å². The number of ether oxygens (including phenoxy) is 2. The van der Waals surface area contributed by atoms with Crippen LogP contribution in [0.3, 0.4) is 0 Å². The molecule has 1 N–H and O–H groups in total. The van der Waals surface area contributed by atoms with Gasteiger partial charge in [-0.1, -0.05) is 5.21 Å². The van der Waals surface area contributed by atoms with Crippen molar-refractivity contribution in [2.75, 3.05) is 20.3 Å². The second kappa shape index (κ2) is 9.42. The minimum Gasteiger partial charge on any atom is -0.495 e. The van der Waals surface area contributed by atoms with E-state index >= 15 is 0 Å². The Hall–Kier alpha value is -3.83. The van der Waals surface area contributed by atoms with Gasteiger partial charge in [0.05, 0.1) is 35.6 Å². The molecule has 1 atom stereocenters. The van der Waals surface area contributed by atoms with Crippen molar-refractivity contribution in [2.45, 2.75) is 45.3 Å². The second-order valence-electron chi connectivity index (χ2n) is 10.8. The first kappa shape index (κ1) is 25.4. The van der Waals surface area contributed by atoms with Gasteiger partial charge in [0.1, 0.15) is 33.8 Å². The Morgan fingerprint density at radius 1 is 1.13 bits per heavy atom. The number of aliphatic hydroxyl groups is 1. The van der Waals surface area contributed by atoms with Crippen molar-refractivity contribution in [3.8, 4) is 17.0 Å². The fourth-order valence-corrected chi connectivity index (χ4v) is 6.02. The fraction of sp³-hybridized carbons (Fsp3) is 0.464. The van der Waals surface area contributed by atoms with Crippen LogP contribution >= 0.6 is 0 Å². The molecule has 5 aromatic rings. The van der Waals surface area contributed by atoms with Gasteiger partial charge in [-0.05, 0) is 57.7 Å². The summed E-state index contributed by atoms with van der Waals surface area (Å²) in [5.74, 6) is 0.924. The Bertz CT molecular complexity index is 1650. The molecule has 1 aliphatic rings. The lowest BCUT2D eigenvalue weighted by Gasteiger charge is -2.33. The van der Waals surface area contributed by atoms with Crippen molar-refractivity contribution in [3.63, 3.8) is 0 Å². The topological polar surface area (TPSA) is 118 Å². The van der Waals surface area contributed by atoms with Gasteiger partial charge in [-0.2, -0.15) is 5.10 Å². The van der Waals surface area contributed by atoms with Crippen LogP contribution in [0.1, 0.15) is 49.8 Å². The molecule has 0 aliphatic carbocycles. The lowest BCUT2D eigenvalue weighted by Crippen LogP contribution is -2.28. The SMILES string of the molecule is COc1cccnc1[C@H](C1CCOCC1)n1c2cc(-c3c(C)nnn3C)cnc2c2c1c(C(C)(C)O)nn2C. The molecule has 6 heterocycles. The maximum atomic E-state index is 11.3. The fourth-order valence-electron chi connectivity index (χ4n) is 6.02. The van der Waals surface area contributed by atoms with E-state index < -0.39 is 5.60 Å². The number of hydrogen-bond acceptors (Lipinski definition) is 8. The van der Waals surface area contributed by atoms with Gasteiger partial charge in [-0.3, -0.25) is 14.6 Å². The van der Waals surface area contributed by atoms with Gasteiger partial charge in [0.25, 0.3) is 0 Å². The molecular weight excluding hydrogens is 496 g/mol. The first-order chi connectivity index (χ1) is 18.7. The van der Waals surface area contributed by atoms with Crippen LogP contribution in [0.15, 0.2) is 30.6 Å². The Labute approximate surface area is 226 Å². The van der Waals surface area contributed by atoms with Crippen molar-refractivity contribution in [2.24, 2.45) is 20.0 Å². The molecular formula is C28H34N8O3. The average Bonchev–Trinajstić information content (AvgIpc) is 3.56. The number of fused-ring (bicyclic) bond motifs is 3. The highest BCUT2D eigenvalue weighted by molar-refractivity contribution is 6.06. The second-order valence-corrected chi connectivity index (χ2v) is 10.8. The number of aryl methyl sites for hydroxylation is 3. The number of aromatic nitrogens is 8. The Balaban J connectivity index is 1.75. The molecule has 0 saturated carbocycles. The molecule has 0 amide bonds. The van der Waals surface area contributed by atoms with E-state index in [4.69, 9.17) is 24.5 Å². The van der Waals surface area contributed by atoms with Gasteiger partial charge in [-0.15, -0.1) is 5.10 Å².